The molecular formula is C18H26OS. The standard InChI is InChI=1S/C18H26OS/c1-13(11-18(2,3)4)9-15(19)10-14-12-20-17-8-6-5-7-16(14)17/h5-8,12-13,15,19H,9-11H2,1-4H3. The van der Waals surface area contributed by atoms with Crippen LogP contribution in [-0.2, 0) is 6.42 Å². The van der Waals surface area contributed by atoms with E-state index in [0.29, 0.717) is 11.3 Å². The summed E-state index contributed by atoms with van der Waals surface area (Å²) in [4.78, 5) is 0. The van der Waals surface area contributed by atoms with E-state index in [2.05, 4.69) is 57.3 Å². The summed E-state index contributed by atoms with van der Waals surface area (Å²) in [7, 11) is 0. The molecule has 2 heteroatoms. The zero-order valence-electron chi connectivity index (χ0n) is 13.0. The highest BCUT2D eigenvalue weighted by molar-refractivity contribution is 7.17. The van der Waals surface area contributed by atoms with Gasteiger partial charge in [-0.2, -0.15) is 0 Å². The van der Waals surface area contributed by atoms with Gasteiger partial charge in [0.1, 0.15) is 0 Å². The molecule has 0 spiro atoms. The highest BCUT2D eigenvalue weighted by Gasteiger charge is 2.19. The van der Waals surface area contributed by atoms with E-state index >= 15 is 0 Å². The van der Waals surface area contributed by atoms with Crippen LogP contribution in [-0.4, -0.2) is 11.2 Å². The number of hydrogen-bond donors (Lipinski definition) is 1. The van der Waals surface area contributed by atoms with E-state index in [1.54, 1.807) is 11.3 Å². The summed E-state index contributed by atoms with van der Waals surface area (Å²) in [5.41, 5.74) is 1.63. The van der Waals surface area contributed by atoms with Crippen molar-refractivity contribution in [1.29, 1.82) is 0 Å². The minimum absolute atomic E-state index is 0.231. The van der Waals surface area contributed by atoms with Crippen molar-refractivity contribution in [2.24, 2.45) is 11.3 Å². The van der Waals surface area contributed by atoms with Crippen molar-refractivity contribution in [3.8, 4) is 0 Å². The average Bonchev–Trinajstić information content (AvgIpc) is 2.70. The van der Waals surface area contributed by atoms with Gasteiger partial charge in [0.2, 0.25) is 0 Å². The van der Waals surface area contributed by atoms with E-state index in [1.807, 2.05) is 0 Å². The molecule has 0 fully saturated rings. The van der Waals surface area contributed by atoms with Crippen LogP contribution < -0.4 is 0 Å². The van der Waals surface area contributed by atoms with Crippen molar-refractivity contribution < 1.29 is 5.11 Å². The molecule has 1 aromatic carbocycles. The number of benzene rings is 1. The van der Waals surface area contributed by atoms with E-state index in [-0.39, 0.29) is 6.10 Å². The molecule has 0 amide bonds. The summed E-state index contributed by atoms with van der Waals surface area (Å²) in [5.74, 6) is 0.565. The topological polar surface area (TPSA) is 20.2 Å². The van der Waals surface area contributed by atoms with Crippen LogP contribution in [0.1, 0.15) is 46.1 Å². The Balaban J connectivity index is 1.96. The molecule has 2 unspecified atom stereocenters. The molecule has 2 rings (SSSR count). The molecule has 0 saturated carbocycles. The van der Waals surface area contributed by atoms with Gasteiger partial charge in [0.05, 0.1) is 6.10 Å². The molecule has 1 nitrogen and oxygen atoms in total. The number of hydrogen-bond acceptors (Lipinski definition) is 2. The molecule has 2 aromatic rings. The van der Waals surface area contributed by atoms with Crippen LogP contribution in [0, 0.1) is 11.3 Å². The second kappa shape index (κ2) is 6.28. The van der Waals surface area contributed by atoms with Crippen LogP contribution in [0.5, 0.6) is 0 Å². The van der Waals surface area contributed by atoms with Crippen molar-refractivity contribution in [3.05, 3.63) is 35.2 Å². The maximum absolute atomic E-state index is 10.4. The first-order valence-electron chi connectivity index (χ1n) is 7.48. The van der Waals surface area contributed by atoms with Gasteiger partial charge in [-0.3, -0.25) is 0 Å². The lowest BCUT2D eigenvalue weighted by molar-refractivity contribution is 0.133. The zero-order chi connectivity index (χ0) is 14.8. The summed E-state index contributed by atoms with van der Waals surface area (Å²) >= 11 is 1.77. The monoisotopic (exact) mass is 290 g/mol. The Labute approximate surface area is 126 Å². The van der Waals surface area contributed by atoms with Gasteiger partial charge in [-0.1, -0.05) is 45.9 Å². The first kappa shape index (κ1) is 15.5. The van der Waals surface area contributed by atoms with E-state index in [0.717, 1.165) is 19.3 Å². The van der Waals surface area contributed by atoms with E-state index < -0.39 is 0 Å². The van der Waals surface area contributed by atoms with Crippen LogP contribution in [0.2, 0.25) is 0 Å². The molecule has 0 aliphatic rings. The van der Waals surface area contributed by atoms with Crippen molar-refractivity contribution >= 4 is 21.4 Å². The van der Waals surface area contributed by atoms with Gasteiger partial charge in [-0.05, 0) is 53.0 Å². The number of thiophene rings is 1. The molecular weight excluding hydrogens is 264 g/mol. The van der Waals surface area contributed by atoms with Crippen molar-refractivity contribution in [3.63, 3.8) is 0 Å². The van der Waals surface area contributed by atoms with Crippen molar-refractivity contribution in [2.45, 2.75) is 53.1 Å². The molecule has 0 saturated heterocycles. The second-order valence-corrected chi connectivity index (χ2v) is 8.13. The predicted molar refractivity (Wildman–Crippen MR) is 89.4 cm³/mol. The lowest BCUT2D eigenvalue weighted by Crippen LogP contribution is -2.18. The Hall–Kier alpha value is -0.860. The first-order chi connectivity index (χ1) is 9.35. The van der Waals surface area contributed by atoms with Gasteiger partial charge < -0.3 is 5.11 Å². The van der Waals surface area contributed by atoms with Gasteiger partial charge in [-0.15, -0.1) is 11.3 Å². The molecule has 0 bridgehead atoms. The first-order valence-corrected chi connectivity index (χ1v) is 8.36. The molecule has 1 heterocycles. The van der Waals surface area contributed by atoms with Crippen LogP contribution in [0.4, 0.5) is 0 Å². The zero-order valence-corrected chi connectivity index (χ0v) is 13.8. The predicted octanol–water partition coefficient (Wildman–Crippen LogP) is 5.27. The summed E-state index contributed by atoms with van der Waals surface area (Å²) < 4.78 is 1.32. The van der Waals surface area contributed by atoms with Crippen LogP contribution >= 0.6 is 11.3 Å². The van der Waals surface area contributed by atoms with E-state index in [4.69, 9.17) is 0 Å². The Morgan fingerprint density at radius 1 is 1.20 bits per heavy atom. The fraction of sp³-hybridized carbons (Fsp3) is 0.556. The number of fused-ring (bicyclic) bond motifs is 1. The van der Waals surface area contributed by atoms with Gasteiger partial charge in [0.25, 0.3) is 0 Å². The Kier molecular flexibility index (Phi) is 4.87. The SMILES string of the molecule is CC(CC(O)Cc1csc2ccccc12)CC(C)(C)C. The fourth-order valence-electron chi connectivity index (χ4n) is 3.12. The minimum atomic E-state index is -0.231. The van der Waals surface area contributed by atoms with Crippen molar-refractivity contribution in [2.75, 3.05) is 0 Å². The lowest BCUT2D eigenvalue weighted by atomic mass is 9.83. The van der Waals surface area contributed by atoms with Crippen LogP contribution in [0.25, 0.3) is 10.1 Å². The van der Waals surface area contributed by atoms with Crippen molar-refractivity contribution in [1.82, 2.24) is 0 Å². The van der Waals surface area contributed by atoms with Crippen LogP contribution in [0.15, 0.2) is 29.6 Å². The second-order valence-electron chi connectivity index (χ2n) is 7.22. The third kappa shape index (κ3) is 4.32. The van der Waals surface area contributed by atoms with E-state index in [1.165, 1.54) is 15.6 Å². The average molecular weight is 290 g/mol. The third-order valence-corrected chi connectivity index (χ3v) is 4.66. The molecule has 0 aliphatic heterocycles. The summed E-state index contributed by atoms with van der Waals surface area (Å²) in [5, 5.41) is 13.9. The van der Waals surface area contributed by atoms with Gasteiger partial charge in [0.15, 0.2) is 0 Å². The Morgan fingerprint density at radius 2 is 1.90 bits per heavy atom. The van der Waals surface area contributed by atoms with Gasteiger partial charge in [0, 0.05) is 4.70 Å². The molecule has 1 aromatic heterocycles. The Morgan fingerprint density at radius 3 is 2.60 bits per heavy atom. The quantitative estimate of drug-likeness (QED) is 0.795. The minimum Gasteiger partial charge on any atom is -0.393 e. The maximum Gasteiger partial charge on any atom is 0.0583 e. The molecule has 110 valence electrons. The molecule has 1 N–H and O–H groups in total. The third-order valence-electron chi connectivity index (χ3n) is 3.65. The fourth-order valence-corrected chi connectivity index (χ4v) is 4.10. The molecule has 0 aliphatic carbocycles. The highest BCUT2D eigenvalue weighted by Crippen LogP contribution is 2.30. The summed E-state index contributed by atoms with van der Waals surface area (Å²) in [6, 6.07) is 8.46. The number of aliphatic hydroxyl groups excluding tert-OH is 1. The Bertz CT molecular complexity index is 550. The van der Waals surface area contributed by atoms with E-state index in [9.17, 15) is 5.11 Å². The van der Waals surface area contributed by atoms with Crippen LogP contribution in [0.3, 0.4) is 0 Å². The smallest absolute Gasteiger partial charge is 0.0583 e. The maximum atomic E-state index is 10.4. The largest absolute Gasteiger partial charge is 0.393 e. The van der Waals surface area contributed by atoms with Gasteiger partial charge in [-0.25, -0.2) is 0 Å². The number of rotatable bonds is 5. The summed E-state index contributed by atoms with van der Waals surface area (Å²) in [6.45, 7) is 9.05. The molecule has 2 atom stereocenters. The van der Waals surface area contributed by atoms with Gasteiger partial charge >= 0.3 is 0 Å². The molecule has 20 heavy (non-hydrogen) atoms. The normalized spacial score (nSPS) is 15.4. The highest BCUT2D eigenvalue weighted by atomic mass is 32.1. The summed E-state index contributed by atoms with van der Waals surface area (Å²) in [6.07, 6.45) is 2.60. The number of aliphatic hydroxyl groups is 1. The molecule has 0 radical (unpaired) electrons. The lowest BCUT2D eigenvalue weighted by Gasteiger charge is -2.24.